The summed E-state index contributed by atoms with van der Waals surface area (Å²) in [6, 6.07) is 7.48. The van der Waals surface area contributed by atoms with Crippen molar-refractivity contribution < 1.29 is 14.3 Å². The molecule has 22 heavy (non-hydrogen) atoms. The lowest BCUT2D eigenvalue weighted by Gasteiger charge is -2.34. The third kappa shape index (κ3) is 5.16. The number of carbonyl (C=O) groups is 1. The van der Waals surface area contributed by atoms with Crippen molar-refractivity contribution in [1.82, 2.24) is 9.80 Å². The van der Waals surface area contributed by atoms with Crippen LogP contribution in [0.5, 0.6) is 5.75 Å². The van der Waals surface area contributed by atoms with E-state index < -0.39 is 0 Å². The minimum Gasteiger partial charge on any atom is -0.491 e. The quantitative estimate of drug-likeness (QED) is 0.767. The van der Waals surface area contributed by atoms with E-state index in [1.807, 2.05) is 36.1 Å². The van der Waals surface area contributed by atoms with E-state index in [-0.39, 0.29) is 12.5 Å². The number of piperazine rings is 1. The van der Waals surface area contributed by atoms with Gasteiger partial charge in [0.05, 0.1) is 5.02 Å². The molecule has 0 radical (unpaired) electrons. The van der Waals surface area contributed by atoms with Crippen LogP contribution in [0.25, 0.3) is 0 Å². The molecule has 0 aromatic heterocycles. The Kier molecular flexibility index (Phi) is 6.96. The molecule has 1 aromatic rings. The SMILES string of the molecule is CCOCC(=O)N1CCN(CCOc2ccccc2Cl)CC1. The highest BCUT2D eigenvalue weighted by molar-refractivity contribution is 6.32. The Morgan fingerprint density at radius 2 is 1.95 bits per heavy atom. The fraction of sp³-hybridized carbons (Fsp3) is 0.562. The number of para-hydroxylation sites is 1. The fourth-order valence-electron chi connectivity index (χ4n) is 2.35. The van der Waals surface area contributed by atoms with Crippen molar-refractivity contribution in [2.45, 2.75) is 6.92 Å². The summed E-state index contributed by atoms with van der Waals surface area (Å²) in [4.78, 5) is 16.0. The summed E-state index contributed by atoms with van der Waals surface area (Å²) in [7, 11) is 0. The second kappa shape index (κ2) is 8.98. The first-order chi connectivity index (χ1) is 10.7. The van der Waals surface area contributed by atoms with Crippen molar-refractivity contribution in [2.24, 2.45) is 0 Å². The molecule has 0 unspecified atom stereocenters. The van der Waals surface area contributed by atoms with E-state index in [2.05, 4.69) is 4.90 Å². The van der Waals surface area contributed by atoms with Gasteiger partial charge in [0.2, 0.25) is 5.91 Å². The summed E-state index contributed by atoms with van der Waals surface area (Å²) in [6.07, 6.45) is 0. The van der Waals surface area contributed by atoms with Gasteiger partial charge in [0.25, 0.3) is 0 Å². The van der Waals surface area contributed by atoms with E-state index in [9.17, 15) is 4.79 Å². The Morgan fingerprint density at radius 1 is 1.23 bits per heavy atom. The Labute approximate surface area is 136 Å². The Morgan fingerprint density at radius 3 is 2.64 bits per heavy atom. The number of halogens is 1. The van der Waals surface area contributed by atoms with Gasteiger partial charge in [-0.25, -0.2) is 0 Å². The van der Waals surface area contributed by atoms with E-state index in [1.165, 1.54) is 0 Å². The molecule has 2 rings (SSSR count). The molecule has 1 fully saturated rings. The molecule has 1 heterocycles. The van der Waals surface area contributed by atoms with Crippen LogP contribution >= 0.6 is 11.6 Å². The molecule has 0 aliphatic carbocycles. The van der Waals surface area contributed by atoms with Crippen LogP contribution in [0.3, 0.4) is 0 Å². The van der Waals surface area contributed by atoms with Crippen molar-refractivity contribution in [3.63, 3.8) is 0 Å². The molecule has 1 saturated heterocycles. The molecular weight excluding hydrogens is 304 g/mol. The van der Waals surface area contributed by atoms with E-state index in [4.69, 9.17) is 21.1 Å². The normalized spacial score (nSPS) is 15.8. The lowest BCUT2D eigenvalue weighted by Crippen LogP contribution is -2.50. The van der Waals surface area contributed by atoms with Crippen molar-refractivity contribution >= 4 is 17.5 Å². The predicted molar refractivity (Wildman–Crippen MR) is 86.5 cm³/mol. The average Bonchev–Trinajstić information content (AvgIpc) is 2.55. The van der Waals surface area contributed by atoms with Gasteiger partial charge < -0.3 is 14.4 Å². The van der Waals surface area contributed by atoms with Gasteiger partial charge in [0, 0.05) is 39.3 Å². The maximum atomic E-state index is 11.8. The molecule has 0 bridgehead atoms. The number of ether oxygens (including phenoxy) is 2. The van der Waals surface area contributed by atoms with Crippen LogP contribution in [0.1, 0.15) is 6.92 Å². The zero-order valence-electron chi connectivity index (χ0n) is 13.0. The van der Waals surface area contributed by atoms with Gasteiger partial charge in [-0.1, -0.05) is 23.7 Å². The van der Waals surface area contributed by atoms with Gasteiger partial charge in [-0.3, -0.25) is 9.69 Å². The minimum absolute atomic E-state index is 0.0776. The Hall–Kier alpha value is -1.30. The van der Waals surface area contributed by atoms with Crippen LogP contribution in [-0.4, -0.2) is 68.3 Å². The number of benzene rings is 1. The molecule has 0 atom stereocenters. The number of nitrogens with zero attached hydrogens (tertiary/aromatic N) is 2. The number of hydrogen-bond donors (Lipinski definition) is 0. The summed E-state index contributed by atoms with van der Waals surface area (Å²) >= 11 is 6.05. The summed E-state index contributed by atoms with van der Waals surface area (Å²) in [5.74, 6) is 0.795. The van der Waals surface area contributed by atoms with E-state index in [0.29, 0.717) is 18.2 Å². The number of carbonyl (C=O) groups excluding carboxylic acids is 1. The van der Waals surface area contributed by atoms with E-state index in [1.54, 1.807) is 0 Å². The van der Waals surface area contributed by atoms with Gasteiger partial charge in [-0.2, -0.15) is 0 Å². The van der Waals surface area contributed by atoms with Gasteiger partial charge in [0.15, 0.2) is 0 Å². The largest absolute Gasteiger partial charge is 0.491 e. The van der Waals surface area contributed by atoms with Gasteiger partial charge >= 0.3 is 0 Å². The number of amides is 1. The van der Waals surface area contributed by atoms with Gasteiger partial charge in [0.1, 0.15) is 19.0 Å². The van der Waals surface area contributed by atoms with Crippen LogP contribution in [0.15, 0.2) is 24.3 Å². The van der Waals surface area contributed by atoms with Crippen molar-refractivity contribution in [3.8, 4) is 5.75 Å². The van der Waals surface area contributed by atoms with Crippen LogP contribution < -0.4 is 4.74 Å². The number of rotatable bonds is 7. The molecule has 1 aliphatic rings. The van der Waals surface area contributed by atoms with Gasteiger partial charge in [-0.05, 0) is 19.1 Å². The number of hydrogen-bond acceptors (Lipinski definition) is 4. The van der Waals surface area contributed by atoms with E-state index in [0.717, 1.165) is 38.5 Å². The average molecular weight is 327 g/mol. The molecule has 0 saturated carbocycles. The first kappa shape index (κ1) is 17.1. The minimum atomic E-state index is 0.0776. The van der Waals surface area contributed by atoms with Crippen LogP contribution in [-0.2, 0) is 9.53 Å². The summed E-state index contributed by atoms with van der Waals surface area (Å²) in [5.41, 5.74) is 0. The highest BCUT2D eigenvalue weighted by atomic mass is 35.5. The summed E-state index contributed by atoms with van der Waals surface area (Å²) in [5, 5.41) is 0.633. The molecule has 5 nitrogen and oxygen atoms in total. The van der Waals surface area contributed by atoms with Crippen molar-refractivity contribution in [1.29, 1.82) is 0 Å². The maximum Gasteiger partial charge on any atom is 0.248 e. The second-order valence-electron chi connectivity index (χ2n) is 5.14. The molecule has 6 heteroatoms. The standard InChI is InChI=1S/C16H23ClN2O3/c1-2-21-13-16(20)19-9-7-18(8-10-19)11-12-22-15-6-4-3-5-14(15)17/h3-6H,2,7-13H2,1H3. The highest BCUT2D eigenvalue weighted by Gasteiger charge is 2.20. The van der Waals surface area contributed by atoms with Crippen LogP contribution in [0.2, 0.25) is 5.02 Å². The third-order valence-electron chi connectivity index (χ3n) is 3.66. The molecule has 1 aliphatic heterocycles. The molecule has 122 valence electrons. The Bertz CT molecular complexity index is 476. The van der Waals surface area contributed by atoms with Crippen molar-refractivity contribution in [2.75, 3.05) is 52.5 Å². The van der Waals surface area contributed by atoms with Crippen LogP contribution in [0, 0.1) is 0 Å². The van der Waals surface area contributed by atoms with Gasteiger partial charge in [-0.15, -0.1) is 0 Å². The van der Waals surface area contributed by atoms with Crippen LogP contribution in [0.4, 0.5) is 0 Å². The lowest BCUT2D eigenvalue weighted by atomic mass is 10.3. The van der Waals surface area contributed by atoms with E-state index >= 15 is 0 Å². The highest BCUT2D eigenvalue weighted by Crippen LogP contribution is 2.22. The third-order valence-corrected chi connectivity index (χ3v) is 3.97. The molecule has 0 spiro atoms. The molecule has 0 N–H and O–H groups in total. The fourth-order valence-corrected chi connectivity index (χ4v) is 2.54. The topological polar surface area (TPSA) is 42.0 Å². The zero-order chi connectivity index (χ0) is 15.8. The lowest BCUT2D eigenvalue weighted by molar-refractivity contribution is -0.137. The molecular formula is C16H23ClN2O3. The summed E-state index contributed by atoms with van der Waals surface area (Å²) in [6.45, 7) is 7.31. The first-order valence-electron chi connectivity index (χ1n) is 7.66. The molecule has 1 amide bonds. The maximum absolute atomic E-state index is 11.8. The first-order valence-corrected chi connectivity index (χ1v) is 8.03. The monoisotopic (exact) mass is 326 g/mol. The second-order valence-corrected chi connectivity index (χ2v) is 5.55. The Balaban J connectivity index is 1.65. The predicted octanol–water partition coefficient (Wildman–Crippen LogP) is 1.90. The van der Waals surface area contributed by atoms with Crippen molar-refractivity contribution in [3.05, 3.63) is 29.3 Å². The zero-order valence-corrected chi connectivity index (χ0v) is 13.7. The smallest absolute Gasteiger partial charge is 0.248 e. The molecule has 1 aromatic carbocycles. The summed E-state index contributed by atoms with van der Waals surface area (Å²) < 4.78 is 10.9.